The molecule has 18 heavy (non-hydrogen) atoms. The zero-order chi connectivity index (χ0) is 13.0. The molecule has 1 atom stereocenters. The van der Waals surface area contributed by atoms with E-state index in [1.165, 1.54) is 12.2 Å². The first-order valence-electron chi connectivity index (χ1n) is 5.93. The standard InChI is InChI=1S/C13H17NO3S/c1-17-10-2-3-11(13(15)16)12(6-10)14-7-9-4-5-18-8-9/h2-3,6,9,14H,4-5,7-8H2,1H3,(H,15,16). The van der Waals surface area contributed by atoms with Crippen molar-refractivity contribution >= 4 is 23.4 Å². The van der Waals surface area contributed by atoms with E-state index in [1.807, 2.05) is 11.8 Å². The van der Waals surface area contributed by atoms with Crippen LogP contribution < -0.4 is 10.1 Å². The Morgan fingerprint density at radius 2 is 2.44 bits per heavy atom. The number of benzene rings is 1. The lowest BCUT2D eigenvalue weighted by Gasteiger charge is -2.14. The van der Waals surface area contributed by atoms with Crippen LogP contribution in [0.15, 0.2) is 18.2 Å². The Balaban J connectivity index is 2.10. The van der Waals surface area contributed by atoms with E-state index in [4.69, 9.17) is 9.84 Å². The van der Waals surface area contributed by atoms with Crippen LogP contribution in [0.4, 0.5) is 5.69 Å². The van der Waals surface area contributed by atoms with Crippen LogP contribution in [0.3, 0.4) is 0 Å². The van der Waals surface area contributed by atoms with Crippen LogP contribution in [0.1, 0.15) is 16.8 Å². The SMILES string of the molecule is COc1ccc(C(=O)O)c(NCC2CCSC2)c1. The van der Waals surface area contributed by atoms with Crippen LogP contribution in [0.25, 0.3) is 0 Å². The highest BCUT2D eigenvalue weighted by molar-refractivity contribution is 7.99. The van der Waals surface area contributed by atoms with Gasteiger partial charge >= 0.3 is 5.97 Å². The summed E-state index contributed by atoms with van der Waals surface area (Å²) < 4.78 is 5.12. The maximum atomic E-state index is 11.1. The number of anilines is 1. The fraction of sp³-hybridized carbons (Fsp3) is 0.462. The van der Waals surface area contributed by atoms with E-state index in [-0.39, 0.29) is 0 Å². The van der Waals surface area contributed by atoms with Crippen molar-refractivity contribution < 1.29 is 14.6 Å². The highest BCUT2D eigenvalue weighted by Gasteiger charge is 2.17. The molecule has 4 nitrogen and oxygen atoms in total. The maximum absolute atomic E-state index is 11.1. The second-order valence-corrected chi connectivity index (χ2v) is 5.48. The third-order valence-electron chi connectivity index (χ3n) is 3.06. The molecule has 2 rings (SSSR count). The summed E-state index contributed by atoms with van der Waals surface area (Å²) in [4.78, 5) is 11.1. The highest BCUT2D eigenvalue weighted by Crippen LogP contribution is 2.26. The van der Waals surface area contributed by atoms with E-state index in [2.05, 4.69) is 5.32 Å². The van der Waals surface area contributed by atoms with E-state index in [0.29, 0.717) is 22.9 Å². The molecule has 1 fully saturated rings. The molecule has 1 aromatic rings. The van der Waals surface area contributed by atoms with Crippen LogP contribution in [-0.2, 0) is 0 Å². The van der Waals surface area contributed by atoms with Crippen molar-refractivity contribution in [3.05, 3.63) is 23.8 Å². The molecule has 5 heteroatoms. The van der Waals surface area contributed by atoms with Crippen molar-refractivity contribution in [3.63, 3.8) is 0 Å². The van der Waals surface area contributed by atoms with Crippen LogP contribution >= 0.6 is 11.8 Å². The number of nitrogens with one attached hydrogen (secondary N) is 1. The zero-order valence-electron chi connectivity index (χ0n) is 10.3. The second-order valence-electron chi connectivity index (χ2n) is 4.33. The van der Waals surface area contributed by atoms with Gasteiger partial charge in [0.25, 0.3) is 0 Å². The molecule has 1 aliphatic heterocycles. The van der Waals surface area contributed by atoms with Gasteiger partial charge in [-0.3, -0.25) is 0 Å². The molecule has 0 spiro atoms. The van der Waals surface area contributed by atoms with E-state index in [0.717, 1.165) is 12.3 Å². The van der Waals surface area contributed by atoms with Gasteiger partial charge in [0, 0.05) is 12.6 Å². The number of thioether (sulfide) groups is 1. The van der Waals surface area contributed by atoms with Crippen molar-refractivity contribution in [3.8, 4) is 5.75 Å². The minimum Gasteiger partial charge on any atom is -0.497 e. The van der Waals surface area contributed by atoms with E-state index < -0.39 is 5.97 Å². The molecule has 1 heterocycles. The molecular weight excluding hydrogens is 250 g/mol. The third kappa shape index (κ3) is 3.10. The molecule has 2 N–H and O–H groups in total. The summed E-state index contributed by atoms with van der Waals surface area (Å²) in [5.74, 6) is 2.74. The number of carboxylic acid groups (broad SMARTS) is 1. The van der Waals surface area contributed by atoms with Crippen molar-refractivity contribution in [2.24, 2.45) is 5.92 Å². The Bertz CT molecular complexity index is 430. The van der Waals surface area contributed by atoms with Gasteiger partial charge in [0.15, 0.2) is 0 Å². The molecule has 1 aliphatic rings. The fourth-order valence-corrected chi connectivity index (χ4v) is 3.27. The summed E-state index contributed by atoms with van der Waals surface area (Å²) in [6.45, 7) is 0.820. The van der Waals surface area contributed by atoms with E-state index in [1.54, 1.807) is 25.3 Å². The molecule has 0 radical (unpaired) electrons. The van der Waals surface area contributed by atoms with Gasteiger partial charge in [-0.25, -0.2) is 4.79 Å². The molecular formula is C13H17NO3S. The first-order chi connectivity index (χ1) is 8.70. The number of hydrogen-bond donors (Lipinski definition) is 2. The Morgan fingerprint density at radius 1 is 1.61 bits per heavy atom. The van der Waals surface area contributed by atoms with Gasteiger partial charge in [0.2, 0.25) is 0 Å². The molecule has 98 valence electrons. The van der Waals surface area contributed by atoms with Crippen LogP contribution in [0.5, 0.6) is 5.75 Å². The number of methoxy groups -OCH3 is 1. The summed E-state index contributed by atoms with van der Waals surface area (Å²) in [7, 11) is 1.58. The number of carboxylic acids is 1. The van der Waals surface area contributed by atoms with Gasteiger partial charge < -0.3 is 15.2 Å². The summed E-state index contributed by atoms with van der Waals surface area (Å²) in [5, 5.41) is 12.4. The number of hydrogen-bond acceptors (Lipinski definition) is 4. The quantitative estimate of drug-likeness (QED) is 0.858. The molecule has 1 saturated heterocycles. The maximum Gasteiger partial charge on any atom is 0.337 e. The Kier molecular flexibility index (Phi) is 4.36. The topological polar surface area (TPSA) is 58.6 Å². The molecule has 0 aliphatic carbocycles. The molecule has 0 saturated carbocycles. The average molecular weight is 267 g/mol. The average Bonchev–Trinajstić information content (AvgIpc) is 2.88. The smallest absolute Gasteiger partial charge is 0.337 e. The highest BCUT2D eigenvalue weighted by atomic mass is 32.2. The first kappa shape index (κ1) is 13.1. The zero-order valence-corrected chi connectivity index (χ0v) is 11.1. The molecule has 1 aromatic carbocycles. The van der Waals surface area contributed by atoms with Gasteiger partial charge in [0.1, 0.15) is 5.75 Å². The van der Waals surface area contributed by atoms with Crippen molar-refractivity contribution in [2.75, 3.05) is 30.5 Å². The van der Waals surface area contributed by atoms with Gasteiger partial charge in [-0.05, 0) is 36.0 Å². The van der Waals surface area contributed by atoms with Crippen molar-refractivity contribution in [1.29, 1.82) is 0 Å². The van der Waals surface area contributed by atoms with Crippen LogP contribution in [0.2, 0.25) is 0 Å². The lowest BCUT2D eigenvalue weighted by atomic mass is 10.1. The lowest BCUT2D eigenvalue weighted by molar-refractivity contribution is 0.0698. The van der Waals surface area contributed by atoms with Crippen LogP contribution in [-0.4, -0.2) is 36.2 Å². The third-order valence-corrected chi connectivity index (χ3v) is 4.29. The number of carbonyl (C=O) groups is 1. The minimum atomic E-state index is -0.916. The Morgan fingerprint density at radius 3 is 3.06 bits per heavy atom. The van der Waals surface area contributed by atoms with Gasteiger partial charge in [-0.2, -0.15) is 11.8 Å². The predicted octanol–water partition coefficient (Wildman–Crippen LogP) is 2.56. The monoisotopic (exact) mass is 267 g/mol. The summed E-state index contributed by atoms with van der Waals surface area (Å²) in [6.07, 6.45) is 1.20. The normalized spacial score (nSPS) is 18.6. The van der Waals surface area contributed by atoms with E-state index in [9.17, 15) is 4.79 Å². The predicted molar refractivity (Wildman–Crippen MR) is 73.9 cm³/mol. The number of ether oxygens (including phenoxy) is 1. The molecule has 0 bridgehead atoms. The van der Waals surface area contributed by atoms with Crippen LogP contribution in [0, 0.1) is 5.92 Å². The Labute approximate surface area is 111 Å². The Hall–Kier alpha value is -1.36. The van der Waals surface area contributed by atoms with E-state index >= 15 is 0 Å². The molecule has 0 aromatic heterocycles. The lowest BCUT2D eigenvalue weighted by Crippen LogP contribution is -2.15. The second kappa shape index (κ2) is 6.00. The number of rotatable bonds is 5. The largest absolute Gasteiger partial charge is 0.497 e. The van der Waals surface area contributed by atoms with Gasteiger partial charge in [-0.15, -0.1) is 0 Å². The molecule has 0 amide bonds. The fourth-order valence-electron chi connectivity index (χ4n) is 1.98. The van der Waals surface area contributed by atoms with Crippen molar-refractivity contribution in [1.82, 2.24) is 0 Å². The minimum absolute atomic E-state index is 0.293. The first-order valence-corrected chi connectivity index (χ1v) is 7.09. The van der Waals surface area contributed by atoms with Crippen molar-refractivity contribution in [2.45, 2.75) is 6.42 Å². The number of aromatic carboxylic acids is 1. The summed E-state index contributed by atoms with van der Waals surface area (Å²) >= 11 is 1.95. The summed E-state index contributed by atoms with van der Waals surface area (Å²) in [5.41, 5.74) is 0.931. The summed E-state index contributed by atoms with van der Waals surface area (Å²) in [6, 6.07) is 4.98. The van der Waals surface area contributed by atoms with Gasteiger partial charge in [0.05, 0.1) is 18.4 Å². The molecule has 1 unspecified atom stereocenters. The van der Waals surface area contributed by atoms with Gasteiger partial charge in [-0.1, -0.05) is 0 Å².